The van der Waals surface area contributed by atoms with E-state index in [9.17, 15) is 9.59 Å². The van der Waals surface area contributed by atoms with Gasteiger partial charge in [0.2, 0.25) is 0 Å². The molecule has 2 N–H and O–H groups in total. The zero-order valence-electron chi connectivity index (χ0n) is 13.8. The SMILES string of the molecule is C[C@@H]1Oc2ccc(NC(=O)c3ccccc3-n3ccnn3)cc2NC1=O. The maximum Gasteiger partial charge on any atom is 0.265 e. The molecular weight excluding hydrogens is 334 g/mol. The van der Waals surface area contributed by atoms with E-state index in [-0.39, 0.29) is 11.8 Å². The van der Waals surface area contributed by atoms with E-state index in [4.69, 9.17) is 4.74 Å². The molecule has 4 rings (SSSR count). The van der Waals surface area contributed by atoms with E-state index in [0.717, 1.165) is 0 Å². The molecule has 0 fully saturated rings. The number of nitrogens with one attached hydrogen (secondary N) is 2. The van der Waals surface area contributed by atoms with Crippen molar-refractivity contribution in [1.82, 2.24) is 15.0 Å². The molecule has 1 aliphatic heterocycles. The van der Waals surface area contributed by atoms with Crippen molar-refractivity contribution in [3.05, 3.63) is 60.4 Å². The number of ether oxygens (including phenoxy) is 1. The number of para-hydroxylation sites is 1. The minimum atomic E-state index is -0.544. The molecule has 1 aromatic heterocycles. The van der Waals surface area contributed by atoms with Gasteiger partial charge in [0.1, 0.15) is 5.75 Å². The molecule has 0 saturated heterocycles. The summed E-state index contributed by atoms with van der Waals surface area (Å²) in [6.07, 6.45) is 2.67. The van der Waals surface area contributed by atoms with Gasteiger partial charge in [-0.15, -0.1) is 5.10 Å². The topological polar surface area (TPSA) is 98.1 Å². The van der Waals surface area contributed by atoms with Gasteiger partial charge < -0.3 is 15.4 Å². The molecule has 0 unspecified atom stereocenters. The van der Waals surface area contributed by atoms with E-state index in [1.54, 1.807) is 55.7 Å². The standard InChI is InChI=1S/C18H15N5O3/c1-11-17(24)21-14-10-12(6-7-16(14)26-11)20-18(25)13-4-2-3-5-15(13)23-9-8-19-22-23/h2-11H,1H3,(H,20,25)(H,21,24)/t11-/m0/s1. The van der Waals surface area contributed by atoms with Crippen molar-refractivity contribution in [2.45, 2.75) is 13.0 Å². The summed E-state index contributed by atoms with van der Waals surface area (Å²) >= 11 is 0. The van der Waals surface area contributed by atoms with Crippen molar-refractivity contribution >= 4 is 23.2 Å². The Bertz CT molecular complexity index is 984. The van der Waals surface area contributed by atoms with Gasteiger partial charge in [0.15, 0.2) is 6.10 Å². The van der Waals surface area contributed by atoms with Crippen LogP contribution in [-0.2, 0) is 4.79 Å². The molecule has 0 saturated carbocycles. The molecule has 0 bridgehead atoms. The zero-order valence-corrected chi connectivity index (χ0v) is 13.8. The third-order valence-corrected chi connectivity index (χ3v) is 3.99. The third-order valence-electron chi connectivity index (χ3n) is 3.99. The Kier molecular flexibility index (Phi) is 3.85. The number of nitrogens with zero attached hydrogens (tertiary/aromatic N) is 3. The number of hydrogen-bond donors (Lipinski definition) is 2. The fourth-order valence-electron chi connectivity index (χ4n) is 2.69. The van der Waals surface area contributed by atoms with Crippen molar-refractivity contribution in [2.75, 3.05) is 10.6 Å². The first kappa shape index (κ1) is 15.8. The van der Waals surface area contributed by atoms with Crippen LogP contribution in [0.15, 0.2) is 54.9 Å². The summed E-state index contributed by atoms with van der Waals surface area (Å²) in [5.41, 5.74) is 2.13. The van der Waals surface area contributed by atoms with Crippen LogP contribution in [0.2, 0.25) is 0 Å². The molecular formula is C18H15N5O3. The van der Waals surface area contributed by atoms with Crippen LogP contribution in [0, 0.1) is 0 Å². The molecule has 0 aliphatic carbocycles. The fourth-order valence-corrected chi connectivity index (χ4v) is 2.69. The Hall–Kier alpha value is -3.68. The second-order valence-electron chi connectivity index (χ2n) is 5.78. The number of rotatable bonds is 3. The van der Waals surface area contributed by atoms with Gasteiger partial charge in [-0.1, -0.05) is 17.3 Å². The van der Waals surface area contributed by atoms with E-state index < -0.39 is 6.10 Å². The maximum absolute atomic E-state index is 12.7. The first-order valence-corrected chi connectivity index (χ1v) is 8.00. The zero-order chi connectivity index (χ0) is 18.1. The van der Waals surface area contributed by atoms with Crippen molar-refractivity contribution < 1.29 is 14.3 Å². The average molecular weight is 349 g/mol. The number of benzene rings is 2. The van der Waals surface area contributed by atoms with Crippen LogP contribution < -0.4 is 15.4 Å². The molecule has 130 valence electrons. The Labute approximate surface area is 148 Å². The predicted octanol–water partition coefficient (Wildman–Crippen LogP) is 2.24. The van der Waals surface area contributed by atoms with Gasteiger partial charge in [-0.05, 0) is 37.3 Å². The van der Waals surface area contributed by atoms with Gasteiger partial charge in [0.05, 0.1) is 29.3 Å². The van der Waals surface area contributed by atoms with E-state index in [0.29, 0.717) is 28.4 Å². The molecule has 0 radical (unpaired) electrons. The highest BCUT2D eigenvalue weighted by Crippen LogP contribution is 2.32. The summed E-state index contributed by atoms with van der Waals surface area (Å²) in [5, 5.41) is 13.3. The van der Waals surface area contributed by atoms with Crippen molar-refractivity contribution in [1.29, 1.82) is 0 Å². The number of carbonyl (C=O) groups excluding carboxylic acids is 2. The quantitative estimate of drug-likeness (QED) is 0.756. The van der Waals surface area contributed by atoms with Crippen molar-refractivity contribution in [3.63, 3.8) is 0 Å². The molecule has 8 heteroatoms. The van der Waals surface area contributed by atoms with E-state index in [2.05, 4.69) is 20.9 Å². The van der Waals surface area contributed by atoms with Gasteiger partial charge in [-0.2, -0.15) is 0 Å². The molecule has 0 spiro atoms. The number of amides is 2. The van der Waals surface area contributed by atoms with E-state index in [1.807, 2.05) is 6.07 Å². The van der Waals surface area contributed by atoms with Crippen LogP contribution in [0.25, 0.3) is 5.69 Å². The number of anilines is 2. The lowest BCUT2D eigenvalue weighted by Crippen LogP contribution is -2.34. The number of aromatic nitrogens is 3. The second-order valence-corrected chi connectivity index (χ2v) is 5.78. The lowest BCUT2D eigenvalue weighted by Gasteiger charge is -2.23. The van der Waals surface area contributed by atoms with Crippen molar-refractivity contribution in [2.24, 2.45) is 0 Å². The minimum absolute atomic E-state index is 0.225. The summed E-state index contributed by atoms with van der Waals surface area (Å²) in [5.74, 6) is 0.0445. The monoisotopic (exact) mass is 349 g/mol. The normalized spacial score (nSPS) is 15.6. The Morgan fingerprint density at radius 1 is 1.27 bits per heavy atom. The molecule has 2 heterocycles. The molecule has 8 nitrogen and oxygen atoms in total. The van der Waals surface area contributed by atoms with Crippen LogP contribution >= 0.6 is 0 Å². The van der Waals surface area contributed by atoms with Gasteiger partial charge in [-0.25, -0.2) is 4.68 Å². The first-order chi connectivity index (χ1) is 12.6. The molecule has 1 atom stereocenters. The average Bonchev–Trinajstić information content (AvgIpc) is 3.17. The fraction of sp³-hybridized carbons (Fsp3) is 0.111. The van der Waals surface area contributed by atoms with E-state index in [1.165, 1.54) is 4.68 Å². The molecule has 2 amide bonds. The highest BCUT2D eigenvalue weighted by atomic mass is 16.5. The highest BCUT2D eigenvalue weighted by Gasteiger charge is 2.24. The van der Waals surface area contributed by atoms with Gasteiger partial charge in [0, 0.05) is 5.69 Å². The van der Waals surface area contributed by atoms with Gasteiger partial charge >= 0.3 is 0 Å². The summed E-state index contributed by atoms with van der Waals surface area (Å²) < 4.78 is 7.04. The third kappa shape index (κ3) is 2.88. The number of fused-ring (bicyclic) bond motifs is 1. The lowest BCUT2D eigenvalue weighted by molar-refractivity contribution is -0.122. The van der Waals surface area contributed by atoms with Crippen LogP contribution in [0.3, 0.4) is 0 Å². The van der Waals surface area contributed by atoms with E-state index >= 15 is 0 Å². The van der Waals surface area contributed by atoms with Gasteiger partial charge in [0.25, 0.3) is 11.8 Å². The summed E-state index contributed by atoms with van der Waals surface area (Å²) in [4.78, 5) is 24.5. The Morgan fingerprint density at radius 2 is 2.12 bits per heavy atom. The summed E-state index contributed by atoms with van der Waals surface area (Å²) in [6.45, 7) is 1.68. The Morgan fingerprint density at radius 3 is 2.92 bits per heavy atom. The molecule has 1 aliphatic rings. The first-order valence-electron chi connectivity index (χ1n) is 8.00. The number of hydrogen-bond acceptors (Lipinski definition) is 5. The summed E-state index contributed by atoms with van der Waals surface area (Å²) in [7, 11) is 0. The second kappa shape index (κ2) is 6.32. The van der Waals surface area contributed by atoms with Crippen LogP contribution in [-0.4, -0.2) is 32.9 Å². The predicted molar refractivity (Wildman–Crippen MR) is 94.5 cm³/mol. The van der Waals surface area contributed by atoms with Crippen LogP contribution in [0.4, 0.5) is 11.4 Å². The highest BCUT2D eigenvalue weighted by molar-refractivity contribution is 6.07. The Balaban J connectivity index is 1.60. The molecule has 2 aromatic carbocycles. The van der Waals surface area contributed by atoms with Gasteiger partial charge in [-0.3, -0.25) is 9.59 Å². The van der Waals surface area contributed by atoms with Crippen molar-refractivity contribution in [3.8, 4) is 11.4 Å². The number of carbonyl (C=O) groups is 2. The summed E-state index contributed by atoms with van der Waals surface area (Å²) in [6, 6.07) is 12.2. The van der Waals surface area contributed by atoms with Crippen LogP contribution in [0.1, 0.15) is 17.3 Å². The molecule has 26 heavy (non-hydrogen) atoms. The maximum atomic E-state index is 12.7. The lowest BCUT2D eigenvalue weighted by atomic mass is 10.1. The molecule has 3 aromatic rings. The smallest absolute Gasteiger partial charge is 0.265 e. The van der Waals surface area contributed by atoms with Crippen LogP contribution in [0.5, 0.6) is 5.75 Å². The largest absolute Gasteiger partial charge is 0.479 e. The minimum Gasteiger partial charge on any atom is -0.479 e.